The van der Waals surface area contributed by atoms with E-state index in [1.807, 2.05) is 13.8 Å². The molecule has 3 N–H and O–H groups in total. The van der Waals surface area contributed by atoms with Gasteiger partial charge in [0.15, 0.2) is 5.76 Å². The van der Waals surface area contributed by atoms with Crippen molar-refractivity contribution in [1.29, 1.82) is 0 Å². The van der Waals surface area contributed by atoms with Crippen molar-refractivity contribution in [3.8, 4) is 0 Å². The molecule has 0 fully saturated rings. The number of aryl methyl sites for hydroxylation is 1. The monoisotopic (exact) mass is 270 g/mol. The number of aliphatic hydroxyl groups is 1. The second-order valence-electron chi connectivity index (χ2n) is 4.54. The molecule has 1 heterocycles. The number of carboxylic acid groups (broad SMARTS) is 1. The third kappa shape index (κ3) is 3.54. The Hall–Kier alpha value is -1.89. The van der Waals surface area contributed by atoms with Gasteiger partial charge in [0.25, 0.3) is 5.91 Å². The standard InChI is InChI=1S/C12H18N2O5/c1-6(2)10-9(7(3)14-19-10)11(16)13-8(4-5-15)12(17)18/h6,8,15H,4-5H2,1-3H3,(H,13,16)(H,17,18). The fourth-order valence-corrected chi connectivity index (χ4v) is 1.67. The smallest absolute Gasteiger partial charge is 0.326 e. The fourth-order valence-electron chi connectivity index (χ4n) is 1.67. The summed E-state index contributed by atoms with van der Waals surface area (Å²) in [5, 5.41) is 23.8. The van der Waals surface area contributed by atoms with E-state index in [2.05, 4.69) is 10.5 Å². The van der Waals surface area contributed by atoms with Crippen LogP contribution in [0.4, 0.5) is 0 Å². The molecule has 1 aromatic heterocycles. The lowest BCUT2D eigenvalue weighted by Crippen LogP contribution is -2.41. The van der Waals surface area contributed by atoms with Crippen LogP contribution in [0.15, 0.2) is 4.52 Å². The first kappa shape index (κ1) is 15.2. The van der Waals surface area contributed by atoms with Gasteiger partial charge in [0.05, 0.1) is 5.69 Å². The molecule has 0 spiro atoms. The number of aliphatic hydroxyl groups excluding tert-OH is 1. The zero-order chi connectivity index (χ0) is 14.6. The predicted octanol–water partition coefficient (Wildman–Crippen LogP) is 0.672. The van der Waals surface area contributed by atoms with Crippen molar-refractivity contribution >= 4 is 11.9 Å². The lowest BCUT2D eigenvalue weighted by Gasteiger charge is -2.13. The normalized spacial score (nSPS) is 12.5. The third-order valence-electron chi connectivity index (χ3n) is 2.66. The first-order chi connectivity index (χ1) is 8.88. The van der Waals surface area contributed by atoms with Crippen LogP contribution in [-0.4, -0.2) is 39.9 Å². The number of carboxylic acids is 1. The van der Waals surface area contributed by atoms with Crippen molar-refractivity contribution in [1.82, 2.24) is 10.5 Å². The van der Waals surface area contributed by atoms with Crippen LogP contribution >= 0.6 is 0 Å². The molecule has 0 bridgehead atoms. The minimum absolute atomic E-state index is 0.0388. The van der Waals surface area contributed by atoms with Crippen LogP contribution in [0.1, 0.15) is 48.0 Å². The number of hydrogen-bond donors (Lipinski definition) is 3. The first-order valence-electron chi connectivity index (χ1n) is 5.99. The van der Waals surface area contributed by atoms with E-state index in [0.29, 0.717) is 11.5 Å². The number of rotatable bonds is 6. The van der Waals surface area contributed by atoms with Crippen LogP contribution in [0.3, 0.4) is 0 Å². The van der Waals surface area contributed by atoms with Gasteiger partial charge < -0.3 is 20.1 Å². The van der Waals surface area contributed by atoms with Gasteiger partial charge in [-0.3, -0.25) is 4.79 Å². The van der Waals surface area contributed by atoms with Gasteiger partial charge in [-0.2, -0.15) is 0 Å². The van der Waals surface area contributed by atoms with Crippen LogP contribution in [0, 0.1) is 6.92 Å². The number of nitrogens with zero attached hydrogens (tertiary/aromatic N) is 1. The molecule has 0 aliphatic rings. The molecule has 19 heavy (non-hydrogen) atoms. The van der Waals surface area contributed by atoms with Crippen molar-refractivity contribution < 1.29 is 24.3 Å². The van der Waals surface area contributed by atoms with Crippen LogP contribution in [0.2, 0.25) is 0 Å². The SMILES string of the molecule is Cc1noc(C(C)C)c1C(=O)NC(CCO)C(=O)O. The highest BCUT2D eigenvalue weighted by molar-refractivity contribution is 5.98. The quantitative estimate of drug-likeness (QED) is 0.700. The lowest BCUT2D eigenvalue weighted by molar-refractivity contribution is -0.139. The predicted molar refractivity (Wildman–Crippen MR) is 65.9 cm³/mol. The molecule has 1 atom stereocenters. The Balaban J connectivity index is 2.94. The summed E-state index contributed by atoms with van der Waals surface area (Å²) in [6, 6.07) is -1.13. The Morgan fingerprint density at radius 2 is 2.05 bits per heavy atom. The first-order valence-corrected chi connectivity index (χ1v) is 5.99. The highest BCUT2D eigenvalue weighted by atomic mass is 16.5. The molecule has 0 saturated heterocycles. The molecule has 1 aromatic rings. The highest BCUT2D eigenvalue weighted by Gasteiger charge is 2.26. The Labute approximate surface area is 110 Å². The average molecular weight is 270 g/mol. The molecule has 1 rings (SSSR count). The van der Waals surface area contributed by atoms with Gasteiger partial charge >= 0.3 is 5.97 Å². The summed E-state index contributed by atoms with van der Waals surface area (Å²) in [5.41, 5.74) is 0.675. The third-order valence-corrected chi connectivity index (χ3v) is 2.66. The number of amides is 1. The second kappa shape index (κ2) is 6.33. The van der Waals surface area contributed by atoms with E-state index in [9.17, 15) is 9.59 Å². The van der Waals surface area contributed by atoms with E-state index in [1.165, 1.54) is 0 Å². The second-order valence-corrected chi connectivity index (χ2v) is 4.54. The summed E-state index contributed by atoms with van der Waals surface area (Å²) in [6.07, 6.45) is -0.0532. The molecule has 0 aromatic carbocycles. The van der Waals surface area contributed by atoms with Gasteiger partial charge in [0, 0.05) is 18.9 Å². The maximum absolute atomic E-state index is 12.1. The van der Waals surface area contributed by atoms with Crippen molar-refractivity contribution in [2.75, 3.05) is 6.61 Å². The van der Waals surface area contributed by atoms with Crippen LogP contribution in [-0.2, 0) is 4.79 Å². The van der Waals surface area contributed by atoms with E-state index in [4.69, 9.17) is 14.7 Å². The summed E-state index contributed by atoms with van der Waals surface area (Å²) in [4.78, 5) is 23.0. The number of aliphatic carboxylic acids is 1. The number of aromatic nitrogens is 1. The summed E-state index contributed by atoms with van der Waals surface area (Å²) in [5.74, 6) is -1.36. The van der Waals surface area contributed by atoms with Crippen molar-refractivity contribution in [3.05, 3.63) is 17.0 Å². The van der Waals surface area contributed by atoms with E-state index in [-0.39, 0.29) is 24.5 Å². The highest BCUT2D eigenvalue weighted by Crippen LogP contribution is 2.22. The molecule has 7 heteroatoms. The maximum atomic E-state index is 12.1. The Morgan fingerprint density at radius 3 is 2.53 bits per heavy atom. The molecular formula is C12H18N2O5. The summed E-state index contributed by atoms with van der Waals surface area (Å²) < 4.78 is 5.07. The van der Waals surface area contributed by atoms with Gasteiger partial charge in [0.1, 0.15) is 11.6 Å². The van der Waals surface area contributed by atoms with Gasteiger partial charge in [-0.1, -0.05) is 19.0 Å². The van der Waals surface area contributed by atoms with Crippen LogP contribution < -0.4 is 5.32 Å². The molecular weight excluding hydrogens is 252 g/mol. The Kier molecular flexibility index (Phi) is 5.05. The van der Waals surface area contributed by atoms with Gasteiger partial charge in [-0.15, -0.1) is 0 Å². The lowest BCUT2D eigenvalue weighted by atomic mass is 10.0. The van der Waals surface area contributed by atoms with Crippen molar-refractivity contribution in [2.24, 2.45) is 0 Å². The molecule has 0 radical (unpaired) electrons. The summed E-state index contributed by atoms with van der Waals surface area (Å²) >= 11 is 0. The van der Waals surface area contributed by atoms with E-state index < -0.39 is 17.9 Å². The number of hydrogen-bond acceptors (Lipinski definition) is 5. The minimum Gasteiger partial charge on any atom is -0.480 e. The maximum Gasteiger partial charge on any atom is 0.326 e. The molecule has 0 aliphatic heterocycles. The fraction of sp³-hybridized carbons (Fsp3) is 0.583. The zero-order valence-electron chi connectivity index (χ0n) is 11.1. The Morgan fingerprint density at radius 1 is 1.42 bits per heavy atom. The van der Waals surface area contributed by atoms with Crippen molar-refractivity contribution in [2.45, 2.75) is 39.2 Å². The average Bonchev–Trinajstić information content (AvgIpc) is 2.70. The largest absolute Gasteiger partial charge is 0.480 e. The zero-order valence-corrected chi connectivity index (χ0v) is 11.1. The molecule has 0 saturated carbocycles. The van der Waals surface area contributed by atoms with Gasteiger partial charge in [0.2, 0.25) is 0 Å². The molecule has 106 valence electrons. The summed E-state index contributed by atoms with van der Waals surface area (Å²) in [7, 11) is 0. The summed E-state index contributed by atoms with van der Waals surface area (Å²) in [6.45, 7) is 4.99. The topological polar surface area (TPSA) is 113 Å². The number of carbonyl (C=O) groups excluding carboxylic acids is 1. The van der Waals surface area contributed by atoms with E-state index in [1.54, 1.807) is 6.92 Å². The molecule has 1 unspecified atom stereocenters. The van der Waals surface area contributed by atoms with Crippen LogP contribution in [0.5, 0.6) is 0 Å². The van der Waals surface area contributed by atoms with Gasteiger partial charge in [-0.05, 0) is 6.92 Å². The number of carbonyl (C=O) groups is 2. The van der Waals surface area contributed by atoms with Crippen LogP contribution in [0.25, 0.3) is 0 Å². The van der Waals surface area contributed by atoms with Crippen molar-refractivity contribution in [3.63, 3.8) is 0 Å². The minimum atomic E-state index is -1.19. The van der Waals surface area contributed by atoms with E-state index in [0.717, 1.165) is 0 Å². The molecule has 0 aliphatic carbocycles. The molecule has 1 amide bonds. The number of nitrogens with one attached hydrogen (secondary N) is 1. The Bertz CT molecular complexity index is 467. The van der Waals surface area contributed by atoms with Gasteiger partial charge in [-0.25, -0.2) is 4.79 Å². The molecule has 7 nitrogen and oxygen atoms in total. The van der Waals surface area contributed by atoms with E-state index >= 15 is 0 Å².